The lowest BCUT2D eigenvalue weighted by Crippen LogP contribution is -2.23. The molecule has 2 aromatic rings. The van der Waals surface area contributed by atoms with Gasteiger partial charge in [0.1, 0.15) is 5.76 Å². The molecule has 0 unspecified atom stereocenters. The predicted octanol–water partition coefficient (Wildman–Crippen LogP) is 2.87. The highest BCUT2D eigenvalue weighted by Crippen LogP contribution is 2.11. The summed E-state index contributed by atoms with van der Waals surface area (Å²) in [7, 11) is 0. The van der Waals surface area contributed by atoms with Crippen LogP contribution in [0.1, 0.15) is 27.2 Å². The number of benzene rings is 1. The monoisotopic (exact) mass is 243 g/mol. The molecule has 0 spiro atoms. The van der Waals surface area contributed by atoms with Crippen LogP contribution in [0.4, 0.5) is 0 Å². The highest BCUT2D eigenvalue weighted by molar-refractivity contribution is 5.98. The first-order valence-corrected chi connectivity index (χ1v) is 6.00. The third-order valence-electron chi connectivity index (χ3n) is 2.85. The molecule has 0 atom stereocenters. The Morgan fingerprint density at radius 1 is 1.28 bits per heavy atom. The van der Waals surface area contributed by atoms with Crippen LogP contribution in [0.15, 0.2) is 41.0 Å². The molecule has 0 aliphatic carbocycles. The summed E-state index contributed by atoms with van der Waals surface area (Å²) in [5, 5.41) is 3.08. The number of aryl methyl sites for hydroxylation is 2. The van der Waals surface area contributed by atoms with Crippen LogP contribution >= 0.6 is 0 Å². The van der Waals surface area contributed by atoms with Gasteiger partial charge in [0, 0.05) is 5.56 Å². The molecule has 0 aliphatic rings. The van der Waals surface area contributed by atoms with Crippen LogP contribution in [-0.4, -0.2) is 12.3 Å². The van der Waals surface area contributed by atoms with Crippen molar-refractivity contribution in [3.8, 4) is 0 Å². The molecule has 0 amide bonds. The van der Waals surface area contributed by atoms with Crippen LogP contribution < -0.4 is 5.32 Å². The van der Waals surface area contributed by atoms with Gasteiger partial charge in [-0.15, -0.1) is 0 Å². The molecule has 1 aromatic heterocycles. The number of hydrogen-bond acceptors (Lipinski definition) is 3. The maximum atomic E-state index is 12.0. The van der Waals surface area contributed by atoms with Crippen LogP contribution in [0.5, 0.6) is 0 Å². The van der Waals surface area contributed by atoms with Crippen LogP contribution in [0.25, 0.3) is 0 Å². The number of rotatable bonds is 5. The Morgan fingerprint density at radius 2 is 2.11 bits per heavy atom. The van der Waals surface area contributed by atoms with E-state index >= 15 is 0 Å². The number of furan rings is 1. The number of carbonyl (C=O) groups is 1. The van der Waals surface area contributed by atoms with E-state index in [1.807, 2.05) is 44.2 Å². The predicted molar refractivity (Wildman–Crippen MR) is 70.7 cm³/mol. The molecule has 1 N–H and O–H groups in total. The smallest absolute Gasteiger partial charge is 0.176 e. The maximum absolute atomic E-state index is 12.0. The zero-order chi connectivity index (χ0) is 13.0. The largest absolute Gasteiger partial charge is 0.468 e. The molecule has 0 saturated carbocycles. The second kappa shape index (κ2) is 5.65. The minimum absolute atomic E-state index is 0.110. The highest BCUT2D eigenvalue weighted by Gasteiger charge is 2.08. The van der Waals surface area contributed by atoms with Gasteiger partial charge in [0.25, 0.3) is 0 Å². The van der Waals surface area contributed by atoms with Gasteiger partial charge in [0.2, 0.25) is 0 Å². The van der Waals surface area contributed by atoms with Gasteiger partial charge in [-0.3, -0.25) is 4.79 Å². The molecule has 0 aliphatic heterocycles. The van der Waals surface area contributed by atoms with E-state index in [1.54, 1.807) is 6.26 Å². The first-order chi connectivity index (χ1) is 8.66. The van der Waals surface area contributed by atoms with E-state index in [0.29, 0.717) is 13.1 Å². The summed E-state index contributed by atoms with van der Waals surface area (Å²) < 4.78 is 5.19. The number of nitrogens with one attached hydrogen (secondary N) is 1. The lowest BCUT2D eigenvalue weighted by Gasteiger charge is -2.06. The van der Waals surface area contributed by atoms with Crippen molar-refractivity contribution in [1.29, 1.82) is 0 Å². The quantitative estimate of drug-likeness (QED) is 0.821. The Hall–Kier alpha value is -1.87. The van der Waals surface area contributed by atoms with Gasteiger partial charge < -0.3 is 9.73 Å². The molecular weight excluding hydrogens is 226 g/mol. The fourth-order valence-electron chi connectivity index (χ4n) is 1.93. The molecule has 2 rings (SSSR count). The lowest BCUT2D eigenvalue weighted by atomic mass is 10.0. The Bertz CT molecular complexity index is 529. The second-order valence-corrected chi connectivity index (χ2v) is 4.42. The number of carbonyl (C=O) groups excluding carboxylic acids is 1. The van der Waals surface area contributed by atoms with Crippen LogP contribution in [-0.2, 0) is 6.54 Å². The van der Waals surface area contributed by atoms with Gasteiger partial charge in [-0.25, -0.2) is 0 Å². The fraction of sp³-hybridized carbons (Fsp3) is 0.267. The zero-order valence-corrected chi connectivity index (χ0v) is 10.7. The molecule has 0 fully saturated rings. The van der Waals surface area contributed by atoms with E-state index in [0.717, 1.165) is 16.9 Å². The maximum Gasteiger partial charge on any atom is 0.176 e. The normalized spacial score (nSPS) is 10.6. The van der Waals surface area contributed by atoms with Crippen molar-refractivity contribution in [2.75, 3.05) is 6.54 Å². The van der Waals surface area contributed by atoms with Crippen molar-refractivity contribution in [1.82, 2.24) is 5.32 Å². The average Bonchev–Trinajstić information content (AvgIpc) is 2.81. The summed E-state index contributed by atoms with van der Waals surface area (Å²) in [6.45, 7) is 4.89. The van der Waals surface area contributed by atoms with Crippen molar-refractivity contribution in [2.45, 2.75) is 20.4 Å². The Balaban J connectivity index is 1.91. The van der Waals surface area contributed by atoms with Gasteiger partial charge in [-0.1, -0.05) is 23.8 Å². The van der Waals surface area contributed by atoms with Gasteiger partial charge in [0.05, 0.1) is 19.4 Å². The molecule has 94 valence electrons. The van der Waals surface area contributed by atoms with Gasteiger partial charge >= 0.3 is 0 Å². The third kappa shape index (κ3) is 3.08. The van der Waals surface area contributed by atoms with E-state index in [9.17, 15) is 4.79 Å². The van der Waals surface area contributed by atoms with E-state index in [2.05, 4.69) is 5.32 Å². The minimum Gasteiger partial charge on any atom is -0.468 e. The average molecular weight is 243 g/mol. The van der Waals surface area contributed by atoms with E-state index < -0.39 is 0 Å². The summed E-state index contributed by atoms with van der Waals surface area (Å²) in [6, 6.07) is 9.60. The Kier molecular flexibility index (Phi) is 3.95. The van der Waals surface area contributed by atoms with Crippen LogP contribution in [0.2, 0.25) is 0 Å². The lowest BCUT2D eigenvalue weighted by molar-refractivity contribution is 0.0989. The summed E-state index contributed by atoms with van der Waals surface area (Å²) in [6.07, 6.45) is 1.63. The minimum atomic E-state index is 0.110. The molecule has 18 heavy (non-hydrogen) atoms. The van der Waals surface area contributed by atoms with Gasteiger partial charge in [-0.2, -0.15) is 0 Å². The number of hydrogen-bond donors (Lipinski definition) is 1. The van der Waals surface area contributed by atoms with Crippen molar-refractivity contribution in [3.63, 3.8) is 0 Å². The molecule has 0 bridgehead atoms. The summed E-state index contributed by atoms with van der Waals surface area (Å²) in [4.78, 5) is 12.0. The van der Waals surface area contributed by atoms with Gasteiger partial charge in [-0.05, 0) is 31.5 Å². The van der Waals surface area contributed by atoms with Crippen molar-refractivity contribution in [2.24, 2.45) is 0 Å². The SMILES string of the molecule is Cc1ccc(C(=O)CNCc2ccco2)c(C)c1. The number of ketones is 1. The molecule has 3 nitrogen and oxygen atoms in total. The number of Topliss-reactive ketones (excluding diaryl/α,β-unsaturated/α-hetero) is 1. The highest BCUT2D eigenvalue weighted by atomic mass is 16.3. The standard InChI is InChI=1S/C15H17NO2/c1-11-5-6-14(12(2)8-11)15(17)10-16-9-13-4-3-7-18-13/h3-8,16H,9-10H2,1-2H3. The second-order valence-electron chi connectivity index (χ2n) is 4.42. The molecular formula is C15H17NO2. The Morgan fingerprint density at radius 3 is 2.78 bits per heavy atom. The Labute approximate surface area is 107 Å². The van der Waals surface area contributed by atoms with Crippen molar-refractivity contribution in [3.05, 3.63) is 59.0 Å². The summed E-state index contributed by atoms with van der Waals surface area (Å²) in [5.74, 6) is 0.947. The van der Waals surface area contributed by atoms with E-state index in [-0.39, 0.29) is 5.78 Å². The van der Waals surface area contributed by atoms with E-state index in [4.69, 9.17) is 4.42 Å². The third-order valence-corrected chi connectivity index (χ3v) is 2.85. The van der Waals surface area contributed by atoms with Crippen LogP contribution in [0.3, 0.4) is 0 Å². The fourth-order valence-corrected chi connectivity index (χ4v) is 1.93. The zero-order valence-electron chi connectivity index (χ0n) is 10.7. The van der Waals surface area contributed by atoms with E-state index in [1.165, 1.54) is 5.56 Å². The molecule has 0 radical (unpaired) electrons. The first-order valence-electron chi connectivity index (χ1n) is 6.00. The molecule has 1 aromatic carbocycles. The molecule has 3 heteroatoms. The summed E-state index contributed by atoms with van der Waals surface area (Å²) >= 11 is 0. The summed E-state index contributed by atoms with van der Waals surface area (Å²) in [5.41, 5.74) is 2.99. The van der Waals surface area contributed by atoms with Crippen LogP contribution in [0, 0.1) is 13.8 Å². The topological polar surface area (TPSA) is 42.2 Å². The van der Waals surface area contributed by atoms with Crippen molar-refractivity contribution < 1.29 is 9.21 Å². The first kappa shape index (κ1) is 12.6. The van der Waals surface area contributed by atoms with Crippen molar-refractivity contribution >= 4 is 5.78 Å². The molecule has 0 saturated heterocycles. The van der Waals surface area contributed by atoms with Gasteiger partial charge in [0.15, 0.2) is 5.78 Å². The molecule has 1 heterocycles.